The first kappa shape index (κ1) is 14.6. The summed E-state index contributed by atoms with van der Waals surface area (Å²) in [6.45, 7) is 1.44. The number of hydrogen-bond donors (Lipinski definition) is 4. The van der Waals surface area contributed by atoms with Crippen LogP contribution in [0.3, 0.4) is 0 Å². The number of carbonyl (C=O) groups excluding carboxylic acids is 2. The summed E-state index contributed by atoms with van der Waals surface area (Å²) >= 11 is 0. The number of urea groups is 2. The molecule has 104 valence electrons. The maximum Gasteiger partial charge on any atom is 0.314 e. The van der Waals surface area contributed by atoms with Gasteiger partial charge in [0.25, 0.3) is 0 Å². The molecule has 1 aliphatic carbocycles. The van der Waals surface area contributed by atoms with E-state index in [4.69, 9.17) is 0 Å². The maximum atomic E-state index is 11.1. The first-order valence-corrected chi connectivity index (χ1v) is 6.56. The normalized spacial score (nSPS) is 23.0. The van der Waals surface area contributed by atoms with Gasteiger partial charge in [-0.3, -0.25) is 0 Å². The summed E-state index contributed by atoms with van der Waals surface area (Å²) in [7, 11) is 3.23. The van der Waals surface area contributed by atoms with E-state index in [1.165, 1.54) is 6.42 Å². The molecule has 1 rings (SSSR count). The smallest absolute Gasteiger partial charge is 0.314 e. The molecule has 0 bridgehead atoms. The molecular formula is C12H24N4O2. The zero-order valence-corrected chi connectivity index (χ0v) is 11.2. The molecule has 0 spiro atoms. The molecule has 1 fully saturated rings. The van der Waals surface area contributed by atoms with Crippen LogP contribution in [0.1, 0.15) is 25.7 Å². The molecule has 18 heavy (non-hydrogen) atoms. The van der Waals surface area contributed by atoms with Gasteiger partial charge in [0.15, 0.2) is 0 Å². The third-order valence-electron chi connectivity index (χ3n) is 3.45. The molecule has 2 unspecified atom stereocenters. The molecule has 0 heterocycles. The Labute approximate surface area is 108 Å². The van der Waals surface area contributed by atoms with Crippen LogP contribution in [0.15, 0.2) is 0 Å². The Balaban J connectivity index is 2.23. The molecule has 6 heteroatoms. The van der Waals surface area contributed by atoms with E-state index in [-0.39, 0.29) is 12.1 Å². The van der Waals surface area contributed by atoms with Crippen molar-refractivity contribution in [1.82, 2.24) is 21.3 Å². The van der Waals surface area contributed by atoms with Gasteiger partial charge in [-0.1, -0.05) is 6.42 Å². The fraction of sp³-hybridized carbons (Fsp3) is 0.833. The second kappa shape index (κ2) is 7.79. The van der Waals surface area contributed by atoms with Gasteiger partial charge in [0.05, 0.1) is 0 Å². The third kappa shape index (κ3) is 5.25. The number of nitrogens with one attached hydrogen (secondary N) is 4. The lowest BCUT2D eigenvalue weighted by atomic mass is 9.81. The summed E-state index contributed by atoms with van der Waals surface area (Å²) in [6.07, 6.45) is 4.54. The molecular weight excluding hydrogens is 232 g/mol. The van der Waals surface area contributed by atoms with Crippen molar-refractivity contribution < 1.29 is 9.59 Å². The van der Waals surface area contributed by atoms with E-state index >= 15 is 0 Å². The van der Waals surface area contributed by atoms with Crippen molar-refractivity contribution in [3.05, 3.63) is 0 Å². The van der Waals surface area contributed by atoms with Crippen molar-refractivity contribution in [1.29, 1.82) is 0 Å². The lowest BCUT2D eigenvalue weighted by molar-refractivity contribution is 0.223. The largest absolute Gasteiger partial charge is 0.341 e. The van der Waals surface area contributed by atoms with E-state index in [9.17, 15) is 9.59 Å². The second-order valence-electron chi connectivity index (χ2n) is 4.82. The van der Waals surface area contributed by atoms with Gasteiger partial charge in [0.2, 0.25) is 0 Å². The topological polar surface area (TPSA) is 82.3 Å². The van der Waals surface area contributed by atoms with Crippen LogP contribution in [0.2, 0.25) is 0 Å². The standard InChI is InChI=1S/C12H24N4O2/c1-13-11(17)15-7-9-4-3-5-10(6-9)8-16-12(18)14-2/h9-10H,3-8H2,1-2H3,(H2,13,15,17)(H2,14,16,18). The van der Waals surface area contributed by atoms with Crippen molar-refractivity contribution in [2.75, 3.05) is 27.2 Å². The van der Waals surface area contributed by atoms with Crippen LogP contribution in [0.25, 0.3) is 0 Å². The lowest BCUT2D eigenvalue weighted by Crippen LogP contribution is -2.40. The van der Waals surface area contributed by atoms with Gasteiger partial charge in [-0.2, -0.15) is 0 Å². The highest BCUT2D eigenvalue weighted by molar-refractivity contribution is 5.73. The van der Waals surface area contributed by atoms with Crippen LogP contribution in [-0.2, 0) is 0 Å². The Kier molecular flexibility index (Phi) is 6.32. The van der Waals surface area contributed by atoms with Crippen molar-refractivity contribution in [3.63, 3.8) is 0 Å². The van der Waals surface area contributed by atoms with Gasteiger partial charge >= 0.3 is 12.1 Å². The van der Waals surface area contributed by atoms with Crippen LogP contribution in [0.4, 0.5) is 9.59 Å². The van der Waals surface area contributed by atoms with E-state index in [0.29, 0.717) is 11.8 Å². The first-order valence-electron chi connectivity index (χ1n) is 6.56. The molecule has 4 N–H and O–H groups in total. The average Bonchev–Trinajstić information content (AvgIpc) is 2.42. The summed E-state index contributed by atoms with van der Waals surface area (Å²) in [5.41, 5.74) is 0. The first-order chi connectivity index (χ1) is 8.65. The predicted octanol–water partition coefficient (Wildman–Crippen LogP) is 0.651. The van der Waals surface area contributed by atoms with E-state index < -0.39 is 0 Å². The molecule has 0 aromatic carbocycles. The van der Waals surface area contributed by atoms with Crippen molar-refractivity contribution >= 4 is 12.1 Å². The molecule has 0 radical (unpaired) electrons. The summed E-state index contributed by atoms with van der Waals surface area (Å²) < 4.78 is 0. The van der Waals surface area contributed by atoms with Crippen molar-refractivity contribution in [3.8, 4) is 0 Å². The zero-order valence-electron chi connectivity index (χ0n) is 11.2. The van der Waals surface area contributed by atoms with Crippen LogP contribution in [0, 0.1) is 11.8 Å². The Morgan fingerprint density at radius 2 is 1.39 bits per heavy atom. The summed E-state index contributed by atoms with van der Waals surface area (Å²) in [4.78, 5) is 22.2. The van der Waals surface area contributed by atoms with E-state index in [1.54, 1.807) is 14.1 Å². The van der Waals surface area contributed by atoms with Gasteiger partial charge in [-0.25, -0.2) is 9.59 Å². The van der Waals surface area contributed by atoms with E-state index in [0.717, 1.165) is 32.4 Å². The van der Waals surface area contributed by atoms with E-state index in [1.807, 2.05) is 0 Å². The minimum Gasteiger partial charge on any atom is -0.341 e. The summed E-state index contributed by atoms with van der Waals surface area (Å²) in [5, 5.41) is 10.8. The Hall–Kier alpha value is -1.46. The lowest BCUT2D eigenvalue weighted by Gasteiger charge is -2.29. The highest BCUT2D eigenvalue weighted by atomic mass is 16.2. The van der Waals surface area contributed by atoms with Gasteiger partial charge in [-0.05, 0) is 31.1 Å². The molecule has 0 saturated heterocycles. The highest BCUT2D eigenvalue weighted by Crippen LogP contribution is 2.28. The van der Waals surface area contributed by atoms with Gasteiger partial charge in [-0.15, -0.1) is 0 Å². The number of rotatable bonds is 4. The quantitative estimate of drug-likeness (QED) is 0.595. The fourth-order valence-electron chi connectivity index (χ4n) is 2.42. The van der Waals surface area contributed by atoms with Gasteiger partial charge in [0, 0.05) is 27.2 Å². The molecule has 0 aliphatic heterocycles. The molecule has 1 aliphatic rings. The minimum atomic E-state index is -0.124. The van der Waals surface area contributed by atoms with Crippen LogP contribution < -0.4 is 21.3 Å². The Morgan fingerprint density at radius 3 is 1.78 bits per heavy atom. The maximum absolute atomic E-state index is 11.1. The van der Waals surface area contributed by atoms with Crippen LogP contribution in [0.5, 0.6) is 0 Å². The third-order valence-corrected chi connectivity index (χ3v) is 3.45. The molecule has 2 atom stereocenters. The predicted molar refractivity (Wildman–Crippen MR) is 70.4 cm³/mol. The zero-order chi connectivity index (χ0) is 13.4. The fourth-order valence-corrected chi connectivity index (χ4v) is 2.42. The molecule has 0 aromatic rings. The summed E-state index contributed by atoms with van der Waals surface area (Å²) in [6, 6.07) is -0.249. The molecule has 0 aromatic heterocycles. The number of carbonyl (C=O) groups is 2. The monoisotopic (exact) mass is 256 g/mol. The number of hydrogen-bond acceptors (Lipinski definition) is 2. The van der Waals surface area contributed by atoms with Crippen LogP contribution in [-0.4, -0.2) is 39.2 Å². The minimum absolute atomic E-state index is 0.124. The average molecular weight is 256 g/mol. The Morgan fingerprint density at radius 1 is 0.944 bits per heavy atom. The van der Waals surface area contributed by atoms with E-state index in [2.05, 4.69) is 21.3 Å². The van der Waals surface area contributed by atoms with Gasteiger partial charge in [0.1, 0.15) is 0 Å². The van der Waals surface area contributed by atoms with Crippen LogP contribution >= 0.6 is 0 Å². The van der Waals surface area contributed by atoms with Crippen molar-refractivity contribution in [2.45, 2.75) is 25.7 Å². The second-order valence-corrected chi connectivity index (χ2v) is 4.82. The van der Waals surface area contributed by atoms with Crippen molar-refractivity contribution in [2.24, 2.45) is 11.8 Å². The SMILES string of the molecule is CNC(=O)NCC1CCCC(CNC(=O)NC)C1. The molecule has 1 saturated carbocycles. The molecule has 6 nitrogen and oxygen atoms in total. The number of amides is 4. The van der Waals surface area contributed by atoms with Gasteiger partial charge < -0.3 is 21.3 Å². The highest BCUT2D eigenvalue weighted by Gasteiger charge is 2.22. The molecule has 4 amide bonds. The summed E-state index contributed by atoms with van der Waals surface area (Å²) in [5.74, 6) is 1.04. The Bertz CT molecular complexity index is 257.